The van der Waals surface area contributed by atoms with Gasteiger partial charge in [-0.1, -0.05) is 6.92 Å². The molecule has 2 aliphatic heterocycles. The van der Waals surface area contributed by atoms with Crippen LogP contribution in [0.15, 0.2) is 18.2 Å². The van der Waals surface area contributed by atoms with Crippen molar-refractivity contribution in [3.63, 3.8) is 0 Å². The molecule has 3 rings (SSSR count). The number of rotatable bonds is 3. The second kappa shape index (κ2) is 8.08. The van der Waals surface area contributed by atoms with E-state index in [1.807, 2.05) is 18.2 Å². The lowest BCUT2D eigenvalue weighted by Gasteiger charge is -2.44. The van der Waals surface area contributed by atoms with Gasteiger partial charge in [0.2, 0.25) is 0 Å². The Bertz CT molecular complexity index is 577. The second-order valence-corrected chi connectivity index (χ2v) is 6.63. The first kappa shape index (κ1) is 18.9. The van der Waals surface area contributed by atoms with Crippen molar-refractivity contribution < 1.29 is 14.3 Å². The van der Waals surface area contributed by atoms with Gasteiger partial charge in [-0.2, -0.15) is 0 Å². The average molecular weight is 355 g/mol. The van der Waals surface area contributed by atoms with Crippen molar-refractivity contribution in [1.82, 2.24) is 9.80 Å². The average Bonchev–Trinajstić information content (AvgIpc) is 2.55. The van der Waals surface area contributed by atoms with Crippen molar-refractivity contribution >= 4 is 18.5 Å². The van der Waals surface area contributed by atoms with Gasteiger partial charge in [0.15, 0.2) is 0 Å². The van der Waals surface area contributed by atoms with Crippen molar-refractivity contribution in [2.24, 2.45) is 0 Å². The number of benzene rings is 1. The van der Waals surface area contributed by atoms with E-state index in [-0.39, 0.29) is 18.5 Å². The zero-order valence-electron chi connectivity index (χ0n) is 14.7. The Balaban J connectivity index is 0.00000208. The molecule has 0 spiro atoms. The van der Waals surface area contributed by atoms with Crippen LogP contribution in [-0.2, 0) is 0 Å². The van der Waals surface area contributed by atoms with Crippen LogP contribution in [0.4, 0.5) is 4.79 Å². The van der Waals surface area contributed by atoms with Crippen LogP contribution in [0.3, 0.4) is 0 Å². The monoisotopic (exact) mass is 354 g/mol. The van der Waals surface area contributed by atoms with Gasteiger partial charge in [-0.15, -0.1) is 12.4 Å². The maximum absolute atomic E-state index is 11.8. The second-order valence-electron chi connectivity index (χ2n) is 6.63. The van der Waals surface area contributed by atoms with Crippen molar-refractivity contribution in [3.8, 4) is 11.5 Å². The number of ether oxygens (including phenoxy) is 2. The molecule has 2 atom stereocenters. The number of piperidine rings is 1. The highest BCUT2D eigenvalue weighted by Gasteiger charge is 2.37. The molecule has 1 saturated heterocycles. The third kappa shape index (κ3) is 3.78. The van der Waals surface area contributed by atoms with Gasteiger partial charge in [0, 0.05) is 25.6 Å². The van der Waals surface area contributed by atoms with Crippen LogP contribution in [0.1, 0.15) is 37.7 Å². The fraction of sp³-hybridized carbons (Fsp3) is 0.611. The Labute approximate surface area is 150 Å². The predicted octanol–water partition coefficient (Wildman–Crippen LogP) is 3.52. The van der Waals surface area contributed by atoms with Crippen LogP contribution in [0.25, 0.3) is 0 Å². The standard InChI is InChI=1S/C18H26N2O3.ClH/c1-4-9-20-10-5-6-14-15-11-13(23-18(21)19(2)3)7-8-17(15)22-12-16(14)20;/h7-8,11,14,16H,4-6,9-10,12H2,1-3H3;1H/t14-,16-;/m1./s1. The summed E-state index contributed by atoms with van der Waals surface area (Å²) in [5.41, 5.74) is 1.19. The molecule has 0 bridgehead atoms. The summed E-state index contributed by atoms with van der Waals surface area (Å²) in [6, 6.07) is 6.18. The molecule has 0 N–H and O–H groups in total. The molecule has 134 valence electrons. The minimum Gasteiger partial charge on any atom is -0.492 e. The lowest BCUT2D eigenvalue weighted by molar-refractivity contribution is 0.0658. The number of hydrogen-bond acceptors (Lipinski definition) is 4. The van der Waals surface area contributed by atoms with Gasteiger partial charge in [0.05, 0.1) is 6.04 Å². The minimum atomic E-state index is -0.352. The molecule has 1 aromatic carbocycles. The van der Waals surface area contributed by atoms with Gasteiger partial charge < -0.3 is 14.4 Å². The molecule has 1 amide bonds. The van der Waals surface area contributed by atoms with E-state index in [1.165, 1.54) is 23.3 Å². The van der Waals surface area contributed by atoms with Gasteiger partial charge in [0.1, 0.15) is 18.1 Å². The third-order valence-corrected chi connectivity index (χ3v) is 4.77. The fourth-order valence-corrected chi connectivity index (χ4v) is 3.65. The van der Waals surface area contributed by atoms with Gasteiger partial charge in [-0.25, -0.2) is 4.79 Å². The Kier molecular flexibility index (Phi) is 6.35. The van der Waals surface area contributed by atoms with Crippen molar-refractivity contribution in [1.29, 1.82) is 0 Å². The van der Waals surface area contributed by atoms with E-state index in [1.54, 1.807) is 14.1 Å². The van der Waals surface area contributed by atoms with Crippen molar-refractivity contribution in [2.45, 2.75) is 38.1 Å². The largest absolute Gasteiger partial charge is 0.492 e. The summed E-state index contributed by atoms with van der Waals surface area (Å²) >= 11 is 0. The molecule has 1 fully saturated rings. The first-order valence-electron chi connectivity index (χ1n) is 8.50. The molecular formula is C18H27ClN2O3. The van der Waals surface area contributed by atoms with Gasteiger partial charge in [0.25, 0.3) is 0 Å². The van der Waals surface area contributed by atoms with Crippen LogP contribution in [0, 0.1) is 0 Å². The summed E-state index contributed by atoms with van der Waals surface area (Å²) in [7, 11) is 3.37. The summed E-state index contributed by atoms with van der Waals surface area (Å²) in [5.74, 6) is 2.01. The lowest BCUT2D eigenvalue weighted by atomic mass is 9.81. The number of amides is 1. The van der Waals surface area contributed by atoms with Crippen molar-refractivity contribution in [2.75, 3.05) is 33.8 Å². The smallest absolute Gasteiger partial charge is 0.414 e. The Hall–Kier alpha value is -1.46. The molecule has 0 unspecified atom stereocenters. The molecule has 2 heterocycles. The first-order valence-corrected chi connectivity index (χ1v) is 8.50. The Morgan fingerprint density at radius 2 is 2.21 bits per heavy atom. The maximum Gasteiger partial charge on any atom is 0.414 e. The first-order chi connectivity index (χ1) is 11.1. The molecule has 24 heavy (non-hydrogen) atoms. The summed E-state index contributed by atoms with van der Waals surface area (Å²) in [5, 5.41) is 0. The number of likely N-dealkylation sites (tertiary alicyclic amines) is 1. The highest BCUT2D eigenvalue weighted by Crippen LogP contribution is 2.42. The number of fused-ring (bicyclic) bond motifs is 3. The molecule has 0 aliphatic carbocycles. The number of carbonyl (C=O) groups is 1. The maximum atomic E-state index is 11.8. The van der Waals surface area contributed by atoms with E-state index in [0.29, 0.717) is 17.7 Å². The highest BCUT2D eigenvalue weighted by atomic mass is 35.5. The quantitative estimate of drug-likeness (QED) is 0.832. The zero-order valence-corrected chi connectivity index (χ0v) is 15.5. The normalized spacial score (nSPS) is 22.5. The Morgan fingerprint density at radius 1 is 1.42 bits per heavy atom. The predicted molar refractivity (Wildman–Crippen MR) is 96.5 cm³/mol. The number of hydrogen-bond donors (Lipinski definition) is 0. The van der Waals surface area contributed by atoms with E-state index in [2.05, 4.69) is 11.8 Å². The molecule has 6 heteroatoms. The summed E-state index contributed by atoms with van der Waals surface area (Å²) in [6.45, 7) is 5.26. The lowest BCUT2D eigenvalue weighted by Crippen LogP contribution is -2.49. The Morgan fingerprint density at radius 3 is 2.92 bits per heavy atom. The van der Waals surface area contributed by atoms with E-state index >= 15 is 0 Å². The third-order valence-electron chi connectivity index (χ3n) is 4.77. The summed E-state index contributed by atoms with van der Waals surface area (Å²) < 4.78 is 11.4. The van der Waals surface area contributed by atoms with Gasteiger partial charge >= 0.3 is 6.09 Å². The summed E-state index contributed by atoms with van der Waals surface area (Å²) in [4.78, 5) is 15.7. The summed E-state index contributed by atoms with van der Waals surface area (Å²) in [6.07, 6.45) is 3.19. The van der Waals surface area contributed by atoms with Gasteiger partial charge in [-0.3, -0.25) is 4.90 Å². The zero-order chi connectivity index (χ0) is 16.4. The van der Waals surface area contributed by atoms with Crippen molar-refractivity contribution in [3.05, 3.63) is 23.8 Å². The van der Waals surface area contributed by atoms with E-state index in [9.17, 15) is 4.79 Å². The SMILES string of the molecule is CCCN1CCC[C@@H]2c3cc(OC(=O)N(C)C)ccc3OC[C@H]21.Cl. The van der Waals surface area contributed by atoms with E-state index in [4.69, 9.17) is 9.47 Å². The van der Waals surface area contributed by atoms with Crippen LogP contribution in [0.5, 0.6) is 11.5 Å². The van der Waals surface area contributed by atoms with E-state index in [0.717, 1.165) is 31.9 Å². The molecule has 2 aliphatic rings. The molecule has 0 aromatic heterocycles. The highest BCUT2D eigenvalue weighted by molar-refractivity contribution is 5.85. The number of halogens is 1. The van der Waals surface area contributed by atoms with Crippen LogP contribution in [0.2, 0.25) is 0 Å². The van der Waals surface area contributed by atoms with Crippen LogP contribution >= 0.6 is 12.4 Å². The number of nitrogens with zero attached hydrogens (tertiary/aromatic N) is 2. The molecule has 1 aromatic rings. The minimum absolute atomic E-state index is 0. The molecule has 0 saturated carbocycles. The van der Waals surface area contributed by atoms with Crippen LogP contribution in [-0.4, -0.2) is 55.7 Å². The van der Waals surface area contributed by atoms with E-state index < -0.39 is 0 Å². The number of carbonyl (C=O) groups excluding carboxylic acids is 1. The molecule has 5 nitrogen and oxygen atoms in total. The van der Waals surface area contributed by atoms with Crippen LogP contribution < -0.4 is 9.47 Å². The molecule has 0 radical (unpaired) electrons. The topological polar surface area (TPSA) is 42.0 Å². The van der Waals surface area contributed by atoms with Gasteiger partial charge in [-0.05, 0) is 50.6 Å². The fourth-order valence-electron chi connectivity index (χ4n) is 3.65. The molecular weight excluding hydrogens is 328 g/mol.